The zero-order valence-corrected chi connectivity index (χ0v) is 23.9. The van der Waals surface area contributed by atoms with Crippen LogP contribution in [0.3, 0.4) is 0 Å². The third-order valence-corrected chi connectivity index (χ3v) is 8.92. The summed E-state index contributed by atoms with van der Waals surface area (Å²) in [5.74, 6) is 0.559. The molecule has 1 amide bonds. The number of nitrogens with zero attached hydrogens (tertiary/aromatic N) is 7. The number of fused-ring (bicyclic) bond motifs is 1. The standard InChI is InChI=1S/C31H33F3N8O/c1-19(40-8-10-41(11-9-40)30(43)20-2-3-20)21-6-7-35-24(12-21)14-28-38-25-5-4-22(13-27(25)39-28)26-15-29(37-18-36-26)42-16-23(17-42)31(32,33)34/h4-7,12-13,15,18-20,23H,2-3,8-11,14,16-17H2,1H3,(H,38,39). The number of pyridine rings is 1. The monoisotopic (exact) mass is 590 g/mol. The maximum absolute atomic E-state index is 12.9. The molecule has 0 bridgehead atoms. The van der Waals surface area contributed by atoms with Gasteiger partial charge < -0.3 is 14.8 Å². The number of aromatic amines is 1. The number of aromatic nitrogens is 5. The van der Waals surface area contributed by atoms with Crippen LogP contribution in [-0.4, -0.2) is 86.1 Å². The minimum atomic E-state index is -4.18. The van der Waals surface area contributed by atoms with Crippen LogP contribution >= 0.6 is 0 Å². The molecule has 1 N–H and O–H groups in total. The quantitative estimate of drug-likeness (QED) is 0.336. The van der Waals surface area contributed by atoms with E-state index in [-0.39, 0.29) is 25.0 Å². The summed E-state index contributed by atoms with van der Waals surface area (Å²) in [7, 11) is 0. The van der Waals surface area contributed by atoms with Crippen LogP contribution < -0.4 is 4.90 Å². The number of rotatable bonds is 7. The molecule has 2 aliphatic heterocycles. The number of carbonyl (C=O) groups is 1. The van der Waals surface area contributed by atoms with Crippen molar-refractivity contribution in [2.45, 2.75) is 38.4 Å². The van der Waals surface area contributed by atoms with Crippen LogP contribution in [0.2, 0.25) is 0 Å². The van der Waals surface area contributed by atoms with E-state index in [4.69, 9.17) is 4.98 Å². The smallest absolute Gasteiger partial charge is 0.355 e. The number of hydrogen-bond acceptors (Lipinski definition) is 7. The van der Waals surface area contributed by atoms with Crippen molar-refractivity contribution in [1.29, 1.82) is 0 Å². The zero-order chi connectivity index (χ0) is 29.7. The number of amides is 1. The van der Waals surface area contributed by atoms with E-state index in [0.717, 1.165) is 67.1 Å². The third-order valence-electron chi connectivity index (χ3n) is 8.92. The van der Waals surface area contributed by atoms with Crippen molar-refractivity contribution < 1.29 is 18.0 Å². The second-order valence-corrected chi connectivity index (χ2v) is 11.9. The molecule has 0 radical (unpaired) electrons. The number of benzene rings is 1. The lowest BCUT2D eigenvalue weighted by Gasteiger charge is -2.40. The number of halogens is 3. The summed E-state index contributed by atoms with van der Waals surface area (Å²) < 4.78 is 38.8. The molecule has 4 aromatic rings. The number of nitrogens with one attached hydrogen (secondary N) is 1. The maximum Gasteiger partial charge on any atom is 0.395 e. The lowest BCUT2D eigenvalue weighted by atomic mass is 9.99. The molecular weight excluding hydrogens is 557 g/mol. The fourth-order valence-electron chi connectivity index (χ4n) is 6.01. The Hall–Kier alpha value is -4.06. The Balaban J connectivity index is 1.01. The number of imidazole rings is 1. The summed E-state index contributed by atoms with van der Waals surface area (Å²) in [6.45, 7) is 5.32. The molecule has 2 saturated heterocycles. The Morgan fingerprint density at radius 3 is 2.56 bits per heavy atom. The van der Waals surface area contributed by atoms with Gasteiger partial charge in [0.1, 0.15) is 18.0 Å². The van der Waals surface area contributed by atoms with Gasteiger partial charge in [-0.3, -0.25) is 14.7 Å². The van der Waals surface area contributed by atoms with Crippen LogP contribution in [0, 0.1) is 11.8 Å². The normalized spacial score (nSPS) is 19.1. The summed E-state index contributed by atoms with van der Waals surface area (Å²) >= 11 is 0. The van der Waals surface area contributed by atoms with Crippen molar-refractivity contribution >= 4 is 22.8 Å². The highest BCUT2D eigenvalue weighted by Crippen LogP contribution is 2.36. The van der Waals surface area contributed by atoms with E-state index < -0.39 is 12.1 Å². The number of carbonyl (C=O) groups excluding carboxylic acids is 1. The minimum Gasteiger partial charge on any atom is -0.355 e. The third kappa shape index (κ3) is 5.80. The number of H-pyrrole nitrogens is 1. The van der Waals surface area contributed by atoms with E-state index in [9.17, 15) is 18.0 Å². The van der Waals surface area contributed by atoms with Gasteiger partial charge in [0.15, 0.2) is 0 Å². The first kappa shape index (κ1) is 27.8. The van der Waals surface area contributed by atoms with Gasteiger partial charge in [0.2, 0.25) is 5.91 Å². The predicted molar refractivity (Wildman–Crippen MR) is 155 cm³/mol. The highest BCUT2D eigenvalue weighted by Gasteiger charge is 2.47. The van der Waals surface area contributed by atoms with Crippen LogP contribution in [0.4, 0.5) is 19.0 Å². The Labute approximate surface area is 247 Å². The molecule has 1 saturated carbocycles. The molecule has 1 unspecified atom stereocenters. The molecule has 3 aromatic heterocycles. The number of alkyl halides is 3. The summed E-state index contributed by atoms with van der Waals surface area (Å²) in [4.78, 5) is 39.8. The first-order valence-corrected chi connectivity index (χ1v) is 14.8. The van der Waals surface area contributed by atoms with Crippen LogP contribution in [-0.2, 0) is 11.2 Å². The van der Waals surface area contributed by atoms with Gasteiger partial charge in [-0.2, -0.15) is 13.2 Å². The predicted octanol–water partition coefficient (Wildman–Crippen LogP) is 4.62. The second-order valence-electron chi connectivity index (χ2n) is 11.9. The van der Waals surface area contributed by atoms with Gasteiger partial charge in [0, 0.05) is 81.2 Å². The minimum absolute atomic E-state index is 0.0884. The molecule has 5 heterocycles. The number of hydrogen-bond donors (Lipinski definition) is 1. The maximum atomic E-state index is 12.9. The first-order valence-electron chi connectivity index (χ1n) is 14.8. The lowest BCUT2D eigenvalue weighted by Crippen LogP contribution is -2.53. The van der Waals surface area contributed by atoms with Crippen LogP contribution in [0.25, 0.3) is 22.3 Å². The lowest BCUT2D eigenvalue weighted by molar-refractivity contribution is -0.180. The molecule has 3 fully saturated rings. The fraction of sp³-hybridized carbons (Fsp3) is 0.452. The number of piperazine rings is 1. The van der Waals surface area contributed by atoms with Gasteiger partial charge in [0.05, 0.1) is 22.6 Å². The molecule has 1 aliphatic carbocycles. The molecule has 0 spiro atoms. The average molecular weight is 591 g/mol. The SMILES string of the molecule is CC(c1ccnc(Cc2nc3ccc(-c4cc(N5CC(C(F)(F)F)C5)ncn4)cc3[nH]2)c1)N1CCN(C(=O)C2CC2)CC1. The van der Waals surface area contributed by atoms with Crippen LogP contribution in [0.5, 0.6) is 0 Å². The molecule has 3 aliphatic rings. The second kappa shape index (κ2) is 10.9. The van der Waals surface area contributed by atoms with Crippen molar-refractivity contribution in [3.8, 4) is 11.3 Å². The van der Waals surface area contributed by atoms with Gasteiger partial charge in [-0.1, -0.05) is 6.07 Å². The highest BCUT2D eigenvalue weighted by molar-refractivity contribution is 5.82. The van der Waals surface area contributed by atoms with Gasteiger partial charge in [0.25, 0.3) is 0 Å². The molecule has 1 aromatic carbocycles. The summed E-state index contributed by atoms with van der Waals surface area (Å²) in [5, 5.41) is 0. The molecule has 43 heavy (non-hydrogen) atoms. The van der Waals surface area contributed by atoms with Gasteiger partial charge in [-0.25, -0.2) is 15.0 Å². The van der Waals surface area contributed by atoms with E-state index in [1.807, 2.05) is 29.3 Å². The van der Waals surface area contributed by atoms with Gasteiger partial charge in [-0.15, -0.1) is 0 Å². The van der Waals surface area contributed by atoms with E-state index in [1.54, 1.807) is 11.0 Å². The summed E-state index contributed by atoms with van der Waals surface area (Å²) in [6.07, 6.45) is 1.68. The van der Waals surface area contributed by atoms with Gasteiger partial charge >= 0.3 is 6.18 Å². The van der Waals surface area contributed by atoms with E-state index in [0.29, 0.717) is 23.8 Å². The molecule has 1 atom stereocenters. The Kier molecular flexibility index (Phi) is 7.03. The average Bonchev–Trinajstić information content (AvgIpc) is 3.75. The van der Waals surface area contributed by atoms with Crippen molar-refractivity contribution in [2.24, 2.45) is 11.8 Å². The van der Waals surface area contributed by atoms with Crippen molar-refractivity contribution in [3.63, 3.8) is 0 Å². The topological polar surface area (TPSA) is 94.1 Å². The summed E-state index contributed by atoms with van der Waals surface area (Å²) in [5.41, 5.74) is 5.22. The van der Waals surface area contributed by atoms with Crippen LogP contribution in [0.15, 0.2) is 48.9 Å². The fourth-order valence-corrected chi connectivity index (χ4v) is 6.01. The molecule has 224 valence electrons. The van der Waals surface area contributed by atoms with Gasteiger partial charge in [-0.05, 0) is 49.6 Å². The number of anilines is 1. The molecule has 12 heteroatoms. The molecule has 9 nitrogen and oxygen atoms in total. The Morgan fingerprint density at radius 2 is 1.81 bits per heavy atom. The van der Waals surface area contributed by atoms with Crippen LogP contribution in [0.1, 0.15) is 42.9 Å². The van der Waals surface area contributed by atoms with E-state index >= 15 is 0 Å². The molecular formula is C31H33F3N8O. The Bertz CT molecular complexity index is 1640. The Morgan fingerprint density at radius 1 is 1.02 bits per heavy atom. The van der Waals surface area contributed by atoms with Crippen molar-refractivity contribution in [1.82, 2.24) is 34.7 Å². The van der Waals surface area contributed by atoms with Crippen molar-refractivity contribution in [3.05, 3.63) is 66.0 Å². The summed E-state index contributed by atoms with van der Waals surface area (Å²) in [6, 6.07) is 11.9. The first-order chi connectivity index (χ1) is 20.7. The van der Waals surface area contributed by atoms with Crippen molar-refractivity contribution in [2.75, 3.05) is 44.2 Å². The largest absolute Gasteiger partial charge is 0.395 e. The highest BCUT2D eigenvalue weighted by atomic mass is 19.4. The zero-order valence-electron chi connectivity index (χ0n) is 23.9. The molecule has 7 rings (SSSR count). The van der Waals surface area contributed by atoms with E-state index in [2.05, 4.69) is 43.9 Å². The van der Waals surface area contributed by atoms with E-state index in [1.165, 1.54) is 11.9 Å².